The van der Waals surface area contributed by atoms with Gasteiger partial charge in [0, 0.05) is 23.4 Å². The van der Waals surface area contributed by atoms with Crippen LogP contribution in [0.2, 0.25) is 5.02 Å². The first-order valence-electron chi connectivity index (χ1n) is 15.6. The number of alkyl carbamates (subject to hydrolysis) is 1. The summed E-state index contributed by atoms with van der Waals surface area (Å²) < 4.78 is 32.6. The molecule has 1 fully saturated rings. The van der Waals surface area contributed by atoms with Crippen molar-refractivity contribution in [3.8, 4) is 21.7 Å². The number of amides is 3. The first-order valence-corrected chi connectivity index (χ1v) is 16.9. The first-order chi connectivity index (χ1) is 23.7. The monoisotopic (exact) mass is 726 g/mol. The molecule has 0 saturated heterocycles. The van der Waals surface area contributed by atoms with E-state index in [0.29, 0.717) is 42.5 Å². The molecule has 2 atom stereocenters. The predicted molar refractivity (Wildman–Crippen MR) is 181 cm³/mol. The standard InChI is InChI=1S/C33H33ClF2N8O5S/c1-32(2,3)16-33(21-7-4-18(5-8-21)20-13-38-43(14-20)28(35)36)27(45)44(29(41-33)40-30(46)47)25(15-49-31(48)39-22-9-10-22)19-6-11-24(34)23(12-19)26-42-37-17-50-26/h4-8,11-14,17,22,25,28H,9-10,15-16H2,1-3H3,(H,39,48)(H,40,41)(H,46,47)/t25?,33-/m1/s1. The molecule has 17 heteroatoms. The Labute approximate surface area is 294 Å². The van der Waals surface area contributed by atoms with Crippen LogP contribution in [0.3, 0.4) is 0 Å². The molecule has 1 unspecified atom stereocenters. The van der Waals surface area contributed by atoms with Crippen molar-refractivity contribution in [3.63, 3.8) is 0 Å². The van der Waals surface area contributed by atoms with Crippen LogP contribution >= 0.6 is 22.9 Å². The average Bonchev–Trinajstić information content (AvgIpc) is 3.40. The molecule has 2 aromatic carbocycles. The van der Waals surface area contributed by atoms with Crippen molar-refractivity contribution in [2.75, 3.05) is 6.61 Å². The second-order valence-corrected chi connectivity index (χ2v) is 14.5. The maximum absolute atomic E-state index is 15.0. The highest BCUT2D eigenvalue weighted by Crippen LogP contribution is 2.46. The molecule has 0 radical (unpaired) electrons. The highest BCUT2D eigenvalue weighted by molar-refractivity contribution is 7.12. The molecular weight excluding hydrogens is 694 g/mol. The topological polar surface area (TPSA) is 164 Å². The van der Waals surface area contributed by atoms with Crippen LogP contribution in [0.4, 0.5) is 18.4 Å². The lowest BCUT2D eigenvalue weighted by molar-refractivity contribution is -0.135. The highest BCUT2D eigenvalue weighted by Gasteiger charge is 2.54. The number of benzene rings is 2. The number of aromatic nitrogens is 4. The molecule has 262 valence electrons. The summed E-state index contributed by atoms with van der Waals surface area (Å²) >= 11 is 7.80. The van der Waals surface area contributed by atoms with Gasteiger partial charge in [-0.15, -0.1) is 10.2 Å². The Morgan fingerprint density at radius 1 is 1.16 bits per heavy atom. The van der Waals surface area contributed by atoms with Crippen LogP contribution < -0.4 is 10.6 Å². The fraction of sp³-hybridized carbons (Fsp3) is 0.364. The molecule has 3 heterocycles. The Bertz CT molecular complexity index is 1930. The number of halogens is 3. The van der Waals surface area contributed by atoms with E-state index in [2.05, 4.69) is 25.9 Å². The molecule has 2 aromatic heterocycles. The Morgan fingerprint density at radius 3 is 2.50 bits per heavy atom. The van der Waals surface area contributed by atoms with Crippen LogP contribution in [0.1, 0.15) is 63.8 Å². The number of alkyl halides is 2. The Balaban J connectivity index is 1.45. The third kappa shape index (κ3) is 7.45. The zero-order valence-corrected chi connectivity index (χ0v) is 28.7. The van der Waals surface area contributed by atoms with Gasteiger partial charge in [-0.05, 0) is 53.5 Å². The zero-order valence-electron chi connectivity index (χ0n) is 27.1. The van der Waals surface area contributed by atoms with E-state index < -0.39 is 41.6 Å². The Morgan fingerprint density at radius 2 is 1.90 bits per heavy atom. The van der Waals surface area contributed by atoms with Crippen LogP contribution in [-0.2, 0) is 15.1 Å². The van der Waals surface area contributed by atoms with E-state index in [1.54, 1.807) is 48.0 Å². The molecule has 0 spiro atoms. The molecule has 4 aromatic rings. The van der Waals surface area contributed by atoms with Gasteiger partial charge < -0.3 is 15.2 Å². The summed E-state index contributed by atoms with van der Waals surface area (Å²) in [6, 6.07) is 10.6. The summed E-state index contributed by atoms with van der Waals surface area (Å²) in [6.45, 7) is 2.61. The number of aliphatic imine (C=N–C) groups is 1. The molecule has 6 rings (SSSR count). The van der Waals surface area contributed by atoms with E-state index in [0.717, 1.165) is 12.8 Å². The van der Waals surface area contributed by atoms with Crippen LogP contribution in [0.15, 0.2) is 65.4 Å². The highest BCUT2D eigenvalue weighted by atomic mass is 35.5. The summed E-state index contributed by atoms with van der Waals surface area (Å²) in [7, 11) is 0. The van der Waals surface area contributed by atoms with Crippen molar-refractivity contribution >= 4 is 47.0 Å². The fourth-order valence-corrected chi connectivity index (χ4v) is 6.72. The van der Waals surface area contributed by atoms with Crippen molar-refractivity contribution in [1.82, 2.24) is 35.5 Å². The number of carboxylic acid groups (broad SMARTS) is 1. The van der Waals surface area contributed by atoms with Gasteiger partial charge in [-0.3, -0.25) is 15.0 Å². The molecule has 1 saturated carbocycles. The third-order valence-corrected chi connectivity index (χ3v) is 9.20. The number of carbonyl (C=O) groups is 3. The zero-order chi connectivity index (χ0) is 35.8. The van der Waals surface area contributed by atoms with Crippen LogP contribution in [0.5, 0.6) is 0 Å². The van der Waals surface area contributed by atoms with Crippen molar-refractivity contribution in [3.05, 3.63) is 76.5 Å². The van der Waals surface area contributed by atoms with Crippen LogP contribution in [-0.4, -0.2) is 66.7 Å². The number of carbonyl (C=O) groups excluding carboxylic acids is 2. The maximum Gasteiger partial charge on any atom is 0.411 e. The number of rotatable bonds is 10. The minimum absolute atomic E-state index is 0.00632. The van der Waals surface area contributed by atoms with Gasteiger partial charge in [0.25, 0.3) is 5.91 Å². The third-order valence-electron chi connectivity index (χ3n) is 8.15. The lowest BCUT2D eigenvalue weighted by atomic mass is 9.75. The van der Waals surface area contributed by atoms with Gasteiger partial charge in [0.05, 0.1) is 17.3 Å². The van der Waals surface area contributed by atoms with Crippen molar-refractivity contribution < 1.29 is 33.0 Å². The molecule has 50 heavy (non-hydrogen) atoms. The van der Waals surface area contributed by atoms with Crippen LogP contribution in [0.25, 0.3) is 21.7 Å². The predicted octanol–water partition coefficient (Wildman–Crippen LogP) is 6.84. The van der Waals surface area contributed by atoms with E-state index in [9.17, 15) is 23.5 Å². The van der Waals surface area contributed by atoms with Gasteiger partial charge in [-0.25, -0.2) is 19.3 Å². The van der Waals surface area contributed by atoms with Crippen molar-refractivity contribution in [2.24, 2.45) is 10.4 Å². The van der Waals surface area contributed by atoms with Gasteiger partial charge in [0.2, 0.25) is 5.96 Å². The largest absolute Gasteiger partial charge is 0.465 e. The number of ether oxygens (including phenoxy) is 1. The average molecular weight is 727 g/mol. The summed E-state index contributed by atoms with van der Waals surface area (Å²) in [4.78, 5) is 46.0. The summed E-state index contributed by atoms with van der Waals surface area (Å²) in [6.07, 6.45) is 2.19. The lowest BCUT2D eigenvalue weighted by Crippen LogP contribution is -2.49. The summed E-state index contributed by atoms with van der Waals surface area (Å²) in [5, 5.41) is 27.6. The SMILES string of the molecule is CC(C)(C)C[C@]1(c2ccc(-c3cnn(C(F)F)c3)cc2)N=C(NC(=O)O)N(C(COC(=O)NC2CC2)c2ccc(Cl)c(-c3nncs3)c2)C1=O. The number of nitrogens with zero attached hydrogens (tertiary/aromatic N) is 6. The molecule has 1 aliphatic heterocycles. The smallest absolute Gasteiger partial charge is 0.411 e. The molecular formula is C33H33ClF2N8O5S. The van der Waals surface area contributed by atoms with E-state index in [1.807, 2.05) is 20.8 Å². The molecule has 3 amide bonds. The second-order valence-electron chi connectivity index (χ2n) is 13.2. The van der Waals surface area contributed by atoms with Crippen molar-refractivity contribution in [2.45, 2.75) is 64.2 Å². The van der Waals surface area contributed by atoms with Gasteiger partial charge in [-0.1, -0.05) is 74.0 Å². The number of hydrogen-bond donors (Lipinski definition) is 3. The molecule has 2 aliphatic rings. The fourth-order valence-electron chi connectivity index (χ4n) is 5.87. The minimum Gasteiger partial charge on any atom is -0.465 e. The van der Waals surface area contributed by atoms with Gasteiger partial charge in [0.1, 0.15) is 17.1 Å². The van der Waals surface area contributed by atoms with Gasteiger partial charge >= 0.3 is 18.7 Å². The molecule has 0 bridgehead atoms. The van der Waals surface area contributed by atoms with E-state index in [4.69, 9.17) is 21.3 Å². The molecule has 13 nitrogen and oxygen atoms in total. The number of guanidine groups is 1. The lowest BCUT2D eigenvalue weighted by Gasteiger charge is -2.35. The maximum atomic E-state index is 15.0. The quantitative estimate of drug-likeness (QED) is 0.160. The van der Waals surface area contributed by atoms with E-state index in [1.165, 1.54) is 28.6 Å². The molecule has 3 N–H and O–H groups in total. The van der Waals surface area contributed by atoms with E-state index >= 15 is 4.79 Å². The van der Waals surface area contributed by atoms with Gasteiger partial charge in [-0.2, -0.15) is 13.9 Å². The first kappa shape index (κ1) is 34.9. The van der Waals surface area contributed by atoms with Crippen LogP contribution in [0, 0.1) is 5.41 Å². The Hall–Kier alpha value is -4.96. The second kappa shape index (κ2) is 13.7. The van der Waals surface area contributed by atoms with E-state index in [-0.39, 0.29) is 25.0 Å². The summed E-state index contributed by atoms with van der Waals surface area (Å²) in [5.41, 5.74) is 1.82. The molecule has 1 aliphatic carbocycles. The number of hydrogen-bond acceptors (Lipinski definition) is 9. The number of nitrogens with one attached hydrogen (secondary N) is 2. The Kier molecular flexibility index (Phi) is 9.59. The van der Waals surface area contributed by atoms with Crippen molar-refractivity contribution in [1.29, 1.82) is 0 Å². The minimum atomic E-state index is -2.80. The normalized spacial score (nSPS) is 18.3. The van der Waals surface area contributed by atoms with Gasteiger partial charge in [0.15, 0.2) is 5.54 Å². The summed E-state index contributed by atoms with van der Waals surface area (Å²) in [5.74, 6) is -0.837.